The highest BCUT2D eigenvalue weighted by molar-refractivity contribution is 7.85. The third kappa shape index (κ3) is 10.8. The van der Waals surface area contributed by atoms with Crippen LogP contribution in [-0.2, 0) is 57.7 Å². The molecule has 0 aromatic carbocycles. The molecule has 1 amide bonds. The zero-order valence-electron chi connectivity index (χ0n) is 18.9. The highest BCUT2D eigenvalue weighted by atomic mass is 32.2. The molecule has 0 aromatic rings. The standard InChI is InChI=1S/C18H27NO14S/c1-9(20)29-14-13(8-28-18(24)19-6-5-7-34(25,26)27)33-17(32-12(4)23)16(31-11(3)22)15(14)30-10(2)21/h13-17H,5-8H2,1-4H3,(H,19,24)(H,25,26,27)/t13-,14-,15+,16-,17-/m1/s1. The van der Waals surface area contributed by atoms with Crippen molar-refractivity contribution < 1.29 is 65.4 Å². The van der Waals surface area contributed by atoms with E-state index in [2.05, 4.69) is 5.32 Å². The average molecular weight is 513 g/mol. The summed E-state index contributed by atoms with van der Waals surface area (Å²) >= 11 is 0. The molecule has 0 bridgehead atoms. The largest absolute Gasteiger partial charge is 0.455 e. The lowest BCUT2D eigenvalue weighted by Crippen LogP contribution is -2.63. The van der Waals surface area contributed by atoms with Crippen LogP contribution in [0.2, 0.25) is 0 Å². The molecule has 1 aliphatic heterocycles. The van der Waals surface area contributed by atoms with E-state index in [1.54, 1.807) is 0 Å². The minimum Gasteiger partial charge on any atom is -0.455 e. The van der Waals surface area contributed by atoms with Gasteiger partial charge in [0, 0.05) is 34.2 Å². The molecule has 1 heterocycles. The predicted octanol–water partition coefficient (Wildman–Crippen LogP) is -0.926. The first-order valence-corrected chi connectivity index (χ1v) is 11.5. The van der Waals surface area contributed by atoms with Crippen LogP contribution in [0.15, 0.2) is 0 Å². The van der Waals surface area contributed by atoms with Gasteiger partial charge in [0.1, 0.15) is 12.7 Å². The van der Waals surface area contributed by atoms with Crippen molar-refractivity contribution >= 4 is 40.1 Å². The fourth-order valence-corrected chi connectivity index (χ4v) is 3.41. The minimum atomic E-state index is -4.20. The molecule has 0 radical (unpaired) electrons. The van der Waals surface area contributed by atoms with Crippen molar-refractivity contribution in [1.82, 2.24) is 5.32 Å². The number of ether oxygens (including phenoxy) is 6. The monoisotopic (exact) mass is 513 g/mol. The summed E-state index contributed by atoms with van der Waals surface area (Å²) in [5.41, 5.74) is 0. The number of esters is 4. The van der Waals surface area contributed by atoms with E-state index in [9.17, 15) is 32.4 Å². The Morgan fingerprint density at radius 1 is 0.824 bits per heavy atom. The Balaban J connectivity index is 3.04. The number of carbonyl (C=O) groups is 5. The van der Waals surface area contributed by atoms with Crippen LogP contribution in [0.3, 0.4) is 0 Å². The lowest BCUT2D eigenvalue weighted by Gasteiger charge is -2.43. The van der Waals surface area contributed by atoms with Gasteiger partial charge >= 0.3 is 30.0 Å². The van der Waals surface area contributed by atoms with Gasteiger partial charge < -0.3 is 33.7 Å². The van der Waals surface area contributed by atoms with E-state index < -0.39 is 83.2 Å². The fourth-order valence-electron chi connectivity index (χ4n) is 2.90. The van der Waals surface area contributed by atoms with Gasteiger partial charge in [-0.3, -0.25) is 23.7 Å². The molecule has 5 atom stereocenters. The molecule has 194 valence electrons. The second-order valence-corrected chi connectivity index (χ2v) is 8.61. The molecular weight excluding hydrogens is 486 g/mol. The topological polar surface area (TPSA) is 207 Å². The molecular formula is C18H27NO14S. The highest BCUT2D eigenvalue weighted by Crippen LogP contribution is 2.30. The van der Waals surface area contributed by atoms with Crippen LogP contribution in [-0.4, -0.2) is 92.6 Å². The zero-order chi connectivity index (χ0) is 26.1. The lowest BCUT2D eigenvalue weighted by molar-refractivity contribution is -0.299. The van der Waals surface area contributed by atoms with Gasteiger partial charge in [-0.05, 0) is 6.42 Å². The molecule has 1 fully saturated rings. The molecule has 16 heteroatoms. The van der Waals surface area contributed by atoms with E-state index in [4.69, 9.17) is 33.0 Å². The van der Waals surface area contributed by atoms with Crippen molar-refractivity contribution in [2.24, 2.45) is 0 Å². The molecule has 0 unspecified atom stereocenters. The van der Waals surface area contributed by atoms with Crippen molar-refractivity contribution in [3.05, 3.63) is 0 Å². The Morgan fingerprint density at radius 2 is 1.32 bits per heavy atom. The summed E-state index contributed by atoms with van der Waals surface area (Å²) in [4.78, 5) is 58.4. The molecule has 34 heavy (non-hydrogen) atoms. The van der Waals surface area contributed by atoms with E-state index >= 15 is 0 Å². The first kappa shape index (κ1) is 29.1. The second-order valence-electron chi connectivity index (χ2n) is 7.04. The number of hydrogen-bond donors (Lipinski definition) is 2. The number of carbonyl (C=O) groups excluding carboxylic acids is 5. The van der Waals surface area contributed by atoms with Gasteiger partial charge in [-0.15, -0.1) is 0 Å². The molecule has 1 saturated heterocycles. The summed E-state index contributed by atoms with van der Waals surface area (Å²) in [6, 6.07) is 0. The normalized spacial score (nSPS) is 24.3. The summed E-state index contributed by atoms with van der Waals surface area (Å²) in [6.07, 6.45) is -8.51. The van der Waals surface area contributed by atoms with Gasteiger partial charge in [-0.1, -0.05) is 0 Å². The number of amides is 1. The molecule has 0 aromatic heterocycles. The van der Waals surface area contributed by atoms with Crippen molar-refractivity contribution in [2.75, 3.05) is 18.9 Å². The van der Waals surface area contributed by atoms with Crippen LogP contribution >= 0.6 is 0 Å². The SMILES string of the molecule is CC(=O)O[C@@H]1O[C@H](COC(=O)NCCCS(=O)(=O)O)[C@@H](OC(C)=O)[C@H](OC(C)=O)[C@H]1OC(C)=O. The van der Waals surface area contributed by atoms with Crippen LogP contribution in [0, 0.1) is 0 Å². The minimum absolute atomic E-state index is 0.100. The smallest absolute Gasteiger partial charge is 0.407 e. The van der Waals surface area contributed by atoms with Crippen molar-refractivity contribution in [3.8, 4) is 0 Å². The zero-order valence-corrected chi connectivity index (χ0v) is 19.7. The van der Waals surface area contributed by atoms with Crippen molar-refractivity contribution in [1.29, 1.82) is 0 Å². The van der Waals surface area contributed by atoms with Gasteiger partial charge in [-0.25, -0.2) is 4.79 Å². The van der Waals surface area contributed by atoms with E-state index in [-0.39, 0.29) is 13.0 Å². The number of hydrogen-bond acceptors (Lipinski definition) is 13. The summed E-state index contributed by atoms with van der Waals surface area (Å²) in [5, 5.41) is 2.23. The van der Waals surface area contributed by atoms with Crippen molar-refractivity contribution in [2.45, 2.75) is 64.8 Å². The van der Waals surface area contributed by atoms with Gasteiger partial charge in [-0.2, -0.15) is 8.42 Å². The first-order valence-electron chi connectivity index (χ1n) is 9.89. The van der Waals surface area contributed by atoms with Gasteiger partial charge in [0.2, 0.25) is 12.4 Å². The van der Waals surface area contributed by atoms with Crippen molar-refractivity contribution in [3.63, 3.8) is 0 Å². The van der Waals surface area contributed by atoms with Gasteiger partial charge in [0.15, 0.2) is 12.2 Å². The summed E-state index contributed by atoms with van der Waals surface area (Å²) in [6.45, 7) is 3.40. The number of rotatable bonds is 10. The molecule has 0 spiro atoms. The lowest BCUT2D eigenvalue weighted by atomic mass is 9.98. The predicted molar refractivity (Wildman–Crippen MR) is 107 cm³/mol. The maximum Gasteiger partial charge on any atom is 0.407 e. The van der Waals surface area contributed by atoms with Gasteiger partial charge in [0.05, 0.1) is 5.75 Å². The van der Waals surface area contributed by atoms with E-state index in [1.165, 1.54) is 0 Å². The molecule has 0 saturated carbocycles. The van der Waals surface area contributed by atoms with Crippen LogP contribution in [0.1, 0.15) is 34.1 Å². The van der Waals surface area contributed by atoms with Crippen LogP contribution in [0.4, 0.5) is 4.79 Å². The van der Waals surface area contributed by atoms with E-state index in [1.807, 2.05) is 0 Å². The molecule has 1 rings (SSSR count). The fraction of sp³-hybridized carbons (Fsp3) is 0.722. The number of nitrogens with one attached hydrogen (secondary N) is 1. The molecule has 15 nitrogen and oxygen atoms in total. The Labute approximate surface area is 195 Å². The molecule has 0 aliphatic carbocycles. The van der Waals surface area contributed by atoms with Crippen LogP contribution in [0.25, 0.3) is 0 Å². The average Bonchev–Trinajstić information content (AvgIpc) is 2.66. The Kier molecular flexibility index (Phi) is 11.1. The van der Waals surface area contributed by atoms with Crippen LogP contribution in [0.5, 0.6) is 0 Å². The first-order chi connectivity index (χ1) is 15.7. The summed E-state index contributed by atoms with van der Waals surface area (Å²) in [7, 11) is -4.20. The third-order valence-electron chi connectivity index (χ3n) is 4.01. The maximum atomic E-state index is 11.9. The van der Waals surface area contributed by atoms with E-state index in [0.717, 1.165) is 27.7 Å². The number of alkyl carbamates (subject to hydrolysis) is 1. The van der Waals surface area contributed by atoms with Crippen LogP contribution < -0.4 is 5.32 Å². The molecule has 1 aliphatic rings. The summed E-state index contributed by atoms with van der Waals surface area (Å²) < 4.78 is 61.0. The highest BCUT2D eigenvalue weighted by Gasteiger charge is 2.53. The molecule has 2 N–H and O–H groups in total. The Morgan fingerprint density at radius 3 is 1.82 bits per heavy atom. The maximum absolute atomic E-state index is 11.9. The quantitative estimate of drug-likeness (QED) is 0.157. The van der Waals surface area contributed by atoms with E-state index in [0.29, 0.717) is 0 Å². The Bertz CT molecular complexity index is 872. The van der Waals surface area contributed by atoms with Gasteiger partial charge in [0.25, 0.3) is 10.1 Å². The Hall–Kier alpha value is -2.98. The third-order valence-corrected chi connectivity index (χ3v) is 4.81. The summed E-state index contributed by atoms with van der Waals surface area (Å²) in [5.74, 6) is -3.95. The second kappa shape index (κ2) is 13.0.